The number of benzene rings is 2. The Bertz CT molecular complexity index is 1760. The Morgan fingerprint density at radius 1 is 0.953 bits per heavy atom. The summed E-state index contributed by atoms with van der Waals surface area (Å²) in [7, 11) is -3.35. The van der Waals surface area contributed by atoms with Crippen molar-refractivity contribution >= 4 is 38.6 Å². The summed E-state index contributed by atoms with van der Waals surface area (Å²) in [6.07, 6.45) is 5.65. The molecule has 43 heavy (non-hydrogen) atoms. The lowest BCUT2D eigenvalue weighted by Crippen LogP contribution is -2.51. The number of rotatable bonds is 11. The molecule has 2 atom stereocenters. The highest BCUT2D eigenvalue weighted by Gasteiger charge is 2.36. The second kappa shape index (κ2) is 12.8. The maximum absolute atomic E-state index is 12.9. The molecule has 12 nitrogen and oxygen atoms in total. The molecule has 0 amide bonds. The molecule has 2 aromatic carbocycles. The Balaban J connectivity index is 1.34. The molecule has 4 heterocycles. The maximum Gasteiger partial charge on any atom is 0.293 e. The van der Waals surface area contributed by atoms with Crippen LogP contribution >= 0.6 is 11.6 Å². The highest BCUT2D eigenvalue weighted by Crippen LogP contribution is 2.37. The topological polar surface area (TPSA) is 143 Å². The van der Waals surface area contributed by atoms with Crippen LogP contribution in [0.2, 0.25) is 0 Å². The van der Waals surface area contributed by atoms with Gasteiger partial charge in [0.05, 0.1) is 24.0 Å². The number of imidazole rings is 1. The number of hydrogen-bond acceptors (Lipinski definition) is 8. The van der Waals surface area contributed by atoms with Gasteiger partial charge < -0.3 is 10.7 Å². The molecule has 0 spiro atoms. The molecule has 0 aliphatic carbocycles. The van der Waals surface area contributed by atoms with Gasteiger partial charge in [0.1, 0.15) is 12.2 Å². The van der Waals surface area contributed by atoms with Gasteiger partial charge >= 0.3 is 0 Å². The standard InChI is InChI=1S/C29H33ClN10O2S/c30-12-7-17-43(41,42)39-15-13-37(14-16-39)26(22-8-3-1-4-9-22)27(23-10-5-2-6-11-23)40-19-24(35-36-40)18-38-21-34-28(31)25-29(38)33-20-32-25/h1-6,8-11,19-21,26-27H,7,12-18H2,(H2,31,32,33)/p+1. The van der Waals surface area contributed by atoms with Crippen molar-refractivity contribution < 1.29 is 13.0 Å². The molecule has 224 valence electrons. The number of anilines is 1. The zero-order valence-electron chi connectivity index (χ0n) is 23.6. The van der Waals surface area contributed by atoms with Crippen molar-refractivity contribution in [3.63, 3.8) is 0 Å². The van der Waals surface area contributed by atoms with E-state index >= 15 is 0 Å². The van der Waals surface area contributed by atoms with Crippen LogP contribution in [0.4, 0.5) is 5.82 Å². The summed E-state index contributed by atoms with van der Waals surface area (Å²) in [6.45, 7) is 2.39. The fourth-order valence-electron chi connectivity index (χ4n) is 5.76. The number of aromatic nitrogens is 7. The molecule has 0 saturated carbocycles. The van der Waals surface area contributed by atoms with Gasteiger partial charge in [-0.2, -0.15) is 4.31 Å². The summed E-state index contributed by atoms with van der Waals surface area (Å²) in [5.41, 5.74) is 10.3. The van der Waals surface area contributed by atoms with Crippen LogP contribution in [0.5, 0.6) is 0 Å². The van der Waals surface area contributed by atoms with Gasteiger partial charge in [-0.3, -0.25) is 4.90 Å². The zero-order chi connectivity index (χ0) is 29.8. The molecule has 0 radical (unpaired) electrons. The van der Waals surface area contributed by atoms with Crippen molar-refractivity contribution in [3.8, 4) is 0 Å². The van der Waals surface area contributed by atoms with Crippen LogP contribution in [0, 0.1) is 0 Å². The van der Waals surface area contributed by atoms with E-state index in [0.717, 1.165) is 16.8 Å². The maximum atomic E-state index is 12.9. The number of nitrogens with two attached hydrogens (primary N) is 1. The van der Waals surface area contributed by atoms with Crippen molar-refractivity contribution in [2.24, 2.45) is 0 Å². The molecule has 0 bridgehead atoms. The first kappa shape index (κ1) is 29.2. The predicted octanol–water partition coefficient (Wildman–Crippen LogP) is 2.37. The zero-order valence-corrected chi connectivity index (χ0v) is 25.1. The predicted molar refractivity (Wildman–Crippen MR) is 164 cm³/mol. The average Bonchev–Trinajstić information content (AvgIpc) is 3.72. The van der Waals surface area contributed by atoms with E-state index < -0.39 is 10.0 Å². The van der Waals surface area contributed by atoms with Crippen LogP contribution in [-0.4, -0.2) is 85.4 Å². The minimum Gasteiger partial charge on any atom is -0.368 e. The molecule has 1 fully saturated rings. The Morgan fingerprint density at radius 2 is 1.63 bits per heavy atom. The average molecular weight is 622 g/mol. The number of nitrogens with one attached hydrogen (secondary N) is 1. The lowest BCUT2D eigenvalue weighted by atomic mass is 9.91. The van der Waals surface area contributed by atoms with Gasteiger partial charge in [-0.1, -0.05) is 75.8 Å². The molecular weight excluding hydrogens is 588 g/mol. The van der Waals surface area contributed by atoms with E-state index in [0.29, 0.717) is 62.0 Å². The van der Waals surface area contributed by atoms with Gasteiger partial charge in [-0.15, -0.1) is 16.7 Å². The minimum absolute atomic E-state index is 0.0686. The SMILES string of the molecule is Nc1nc[n+](Cc2cn(C(c3ccccc3)C(c3ccccc3)N3CCN(S(=O)(=O)CCCCl)CC3)nn2)c2nc[nH]c12. The molecule has 2 unspecified atom stereocenters. The first-order valence-electron chi connectivity index (χ1n) is 14.2. The molecule has 5 aromatic rings. The summed E-state index contributed by atoms with van der Waals surface area (Å²) in [5.74, 6) is 0.779. The number of fused-ring (bicyclic) bond motifs is 1. The van der Waals surface area contributed by atoms with Gasteiger partial charge in [0.2, 0.25) is 22.2 Å². The van der Waals surface area contributed by atoms with E-state index in [2.05, 4.69) is 54.4 Å². The number of nitrogen functional groups attached to an aromatic ring is 1. The number of sulfonamides is 1. The number of H-pyrrole nitrogens is 1. The number of aromatic amines is 1. The fourth-order valence-corrected chi connectivity index (χ4v) is 7.53. The lowest BCUT2D eigenvalue weighted by Gasteiger charge is -2.42. The normalized spacial score (nSPS) is 16.4. The first-order valence-corrected chi connectivity index (χ1v) is 16.3. The molecule has 6 rings (SSSR count). The van der Waals surface area contributed by atoms with E-state index in [1.807, 2.05) is 51.8 Å². The highest BCUT2D eigenvalue weighted by molar-refractivity contribution is 7.89. The van der Waals surface area contributed by atoms with E-state index in [-0.39, 0.29) is 17.8 Å². The van der Waals surface area contributed by atoms with Crippen molar-refractivity contribution in [2.45, 2.75) is 25.0 Å². The van der Waals surface area contributed by atoms with E-state index in [9.17, 15) is 8.42 Å². The molecule has 1 aliphatic rings. The number of halogens is 1. The van der Waals surface area contributed by atoms with Gasteiger partial charge in [0.15, 0.2) is 11.8 Å². The minimum atomic E-state index is -3.35. The Kier molecular flexibility index (Phi) is 8.66. The van der Waals surface area contributed by atoms with Crippen LogP contribution in [0.25, 0.3) is 11.2 Å². The second-order valence-electron chi connectivity index (χ2n) is 10.6. The van der Waals surface area contributed by atoms with Crippen molar-refractivity contribution in [3.05, 3.63) is 96.3 Å². The van der Waals surface area contributed by atoms with Crippen molar-refractivity contribution in [1.29, 1.82) is 0 Å². The molecule has 3 N–H and O–H groups in total. The number of hydrogen-bond donors (Lipinski definition) is 2. The Labute approximate surface area is 255 Å². The van der Waals surface area contributed by atoms with Gasteiger partial charge in [-0.25, -0.2) is 17.7 Å². The van der Waals surface area contributed by atoms with Gasteiger partial charge in [-0.05, 0) is 17.5 Å². The second-order valence-corrected chi connectivity index (χ2v) is 13.0. The van der Waals surface area contributed by atoms with Crippen molar-refractivity contribution in [1.82, 2.24) is 39.2 Å². The quantitative estimate of drug-likeness (QED) is 0.169. The third-order valence-corrected chi connectivity index (χ3v) is 10.1. The Morgan fingerprint density at radius 3 is 2.30 bits per heavy atom. The lowest BCUT2D eigenvalue weighted by molar-refractivity contribution is -0.667. The summed E-state index contributed by atoms with van der Waals surface area (Å²) in [5, 5.41) is 9.18. The van der Waals surface area contributed by atoms with Gasteiger partial charge in [0, 0.05) is 32.1 Å². The summed E-state index contributed by atoms with van der Waals surface area (Å²) >= 11 is 5.79. The molecule has 1 aliphatic heterocycles. The van der Waals surface area contributed by atoms with E-state index in [4.69, 9.17) is 17.3 Å². The molecule has 3 aromatic heterocycles. The fraction of sp³-hybridized carbons (Fsp3) is 0.345. The smallest absolute Gasteiger partial charge is 0.293 e. The Hall–Kier alpha value is -3.91. The molecule has 14 heteroatoms. The largest absolute Gasteiger partial charge is 0.368 e. The first-order chi connectivity index (χ1) is 20.9. The highest BCUT2D eigenvalue weighted by atomic mass is 35.5. The van der Waals surface area contributed by atoms with Crippen LogP contribution in [0.3, 0.4) is 0 Å². The van der Waals surface area contributed by atoms with Crippen molar-refractivity contribution in [2.75, 3.05) is 43.5 Å². The summed E-state index contributed by atoms with van der Waals surface area (Å²) in [6, 6.07) is 20.2. The molecule has 1 saturated heterocycles. The summed E-state index contributed by atoms with van der Waals surface area (Å²) in [4.78, 5) is 14.1. The summed E-state index contributed by atoms with van der Waals surface area (Å²) < 4.78 is 31.2. The molecular formula is C29H34ClN10O2S+. The third kappa shape index (κ3) is 6.25. The van der Waals surface area contributed by atoms with Crippen LogP contribution < -0.4 is 10.3 Å². The van der Waals surface area contributed by atoms with Crippen LogP contribution in [-0.2, 0) is 16.6 Å². The van der Waals surface area contributed by atoms with Gasteiger partial charge in [0.25, 0.3) is 5.65 Å². The van der Waals surface area contributed by atoms with E-state index in [1.54, 1.807) is 17.0 Å². The number of alkyl halides is 1. The third-order valence-electron chi connectivity index (χ3n) is 7.84. The van der Waals surface area contributed by atoms with Crippen LogP contribution in [0.1, 0.15) is 35.3 Å². The van der Waals surface area contributed by atoms with Crippen LogP contribution in [0.15, 0.2) is 79.5 Å². The monoisotopic (exact) mass is 621 g/mol. The van der Waals surface area contributed by atoms with E-state index in [1.165, 1.54) is 0 Å². The number of piperazine rings is 1. The number of nitrogens with zero attached hydrogens (tertiary/aromatic N) is 8.